The van der Waals surface area contributed by atoms with Crippen molar-refractivity contribution in [1.29, 1.82) is 0 Å². The molecule has 0 aliphatic carbocycles. The molecule has 0 fully saturated rings. The second-order valence-electron chi connectivity index (χ2n) is 6.89. The minimum absolute atomic E-state index is 0.0974. The lowest BCUT2D eigenvalue weighted by atomic mass is 9.97. The molecule has 162 valence electrons. The second-order valence-corrected chi connectivity index (χ2v) is 6.89. The minimum Gasteiger partial charge on any atom is -0.478 e. The summed E-state index contributed by atoms with van der Waals surface area (Å²) in [7, 11) is 0. The number of halogens is 3. The van der Waals surface area contributed by atoms with Gasteiger partial charge in [0.2, 0.25) is 11.6 Å². The lowest BCUT2D eigenvalue weighted by Crippen LogP contribution is -2.66. The number of amides is 2. The lowest BCUT2D eigenvalue weighted by Gasteiger charge is -2.31. The predicted molar refractivity (Wildman–Crippen MR) is 103 cm³/mol. The minimum atomic E-state index is -4.56. The van der Waals surface area contributed by atoms with Crippen LogP contribution in [0.2, 0.25) is 0 Å². The Morgan fingerprint density at radius 2 is 1.74 bits per heavy atom. The van der Waals surface area contributed by atoms with E-state index in [4.69, 9.17) is 0 Å². The number of aromatic amines is 1. The largest absolute Gasteiger partial charge is 0.478 e. The summed E-state index contributed by atoms with van der Waals surface area (Å²) >= 11 is 0. The summed E-state index contributed by atoms with van der Waals surface area (Å²) in [6.07, 6.45) is -3.50. The Kier molecular flexibility index (Phi) is 5.69. The highest BCUT2D eigenvalue weighted by molar-refractivity contribution is 6.01. The van der Waals surface area contributed by atoms with E-state index < -0.39 is 41.6 Å². The maximum Gasteiger partial charge on any atom is 0.416 e. The summed E-state index contributed by atoms with van der Waals surface area (Å²) in [4.78, 5) is 36.6. The van der Waals surface area contributed by atoms with Crippen LogP contribution in [-0.4, -0.2) is 38.8 Å². The first-order valence-electron chi connectivity index (χ1n) is 8.94. The van der Waals surface area contributed by atoms with Gasteiger partial charge in [-0.3, -0.25) is 14.7 Å². The van der Waals surface area contributed by atoms with Gasteiger partial charge in [-0.05, 0) is 29.8 Å². The molecule has 1 aromatic heterocycles. The molecule has 3 rings (SSSR count). The van der Waals surface area contributed by atoms with Crippen LogP contribution in [0.5, 0.6) is 0 Å². The van der Waals surface area contributed by atoms with Gasteiger partial charge < -0.3 is 15.7 Å². The molecule has 2 aromatic carbocycles. The van der Waals surface area contributed by atoms with Crippen LogP contribution in [-0.2, 0) is 22.2 Å². The van der Waals surface area contributed by atoms with Crippen molar-refractivity contribution in [3.63, 3.8) is 0 Å². The van der Waals surface area contributed by atoms with Gasteiger partial charge in [-0.25, -0.2) is 4.79 Å². The molecule has 0 spiro atoms. The molecular weight excluding hydrogens is 417 g/mol. The highest BCUT2D eigenvalue weighted by Crippen LogP contribution is 2.29. The number of aliphatic carboxylic acids is 1. The Balaban J connectivity index is 1.93. The number of H-pyrrole nitrogens is 1. The van der Waals surface area contributed by atoms with Crippen LogP contribution in [0.4, 0.5) is 13.2 Å². The first kappa shape index (κ1) is 21.8. The Morgan fingerprint density at radius 3 is 2.32 bits per heavy atom. The SMILES string of the molecule is CC(=O)NC(Cc1ccc(C(F)(F)F)cc1)(NC(=O)c1ccc2cn[nH]c2c1)C(=O)O. The van der Waals surface area contributed by atoms with Gasteiger partial charge in [0.1, 0.15) is 0 Å². The number of carboxylic acids is 1. The molecule has 4 N–H and O–H groups in total. The van der Waals surface area contributed by atoms with Crippen molar-refractivity contribution in [3.05, 3.63) is 65.4 Å². The molecule has 0 saturated carbocycles. The number of carbonyl (C=O) groups excluding carboxylic acids is 2. The highest BCUT2D eigenvalue weighted by atomic mass is 19.4. The summed E-state index contributed by atoms with van der Waals surface area (Å²) in [5.74, 6) is -3.14. The molecule has 1 heterocycles. The fraction of sp³-hybridized carbons (Fsp3) is 0.200. The zero-order valence-electron chi connectivity index (χ0n) is 16.1. The zero-order valence-corrected chi connectivity index (χ0v) is 16.1. The van der Waals surface area contributed by atoms with E-state index in [1.54, 1.807) is 12.3 Å². The van der Waals surface area contributed by atoms with Crippen LogP contribution < -0.4 is 10.6 Å². The van der Waals surface area contributed by atoms with Gasteiger partial charge in [0, 0.05) is 24.3 Å². The van der Waals surface area contributed by atoms with Crippen LogP contribution in [0.15, 0.2) is 48.7 Å². The standard InChI is InChI=1S/C20H17F3N4O4/c1-11(28)25-19(18(30)31,9-12-2-6-15(7-3-12)20(21,22)23)26-17(29)13-4-5-14-10-24-27-16(14)8-13/h2-8,10H,9H2,1H3,(H,24,27)(H,25,28)(H,26,29)(H,30,31). The summed E-state index contributed by atoms with van der Waals surface area (Å²) in [6, 6.07) is 8.27. The maximum atomic E-state index is 12.8. The molecule has 0 aliphatic heterocycles. The van der Waals surface area contributed by atoms with Crippen LogP contribution in [0, 0.1) is 0 Å². The van der Waals surface area contributed by atoms with E-state index in [1.165, 1.54) is 12.1 Å². The van der Waals surface area contributed by atoms with Gasteiger partial charge in [0.05, 0.1) is 17.3 Å². The smallest absolute Gasteiger partial charge is 0.416 e. The Bertz CT molecular complexity index is 1140. The molecule has 2 amide bonds. The summed E-state index contributed by atoms with van der Waals surface area (Å²) < 4.78 is 38.4. The number of nitrogens with zero attached hydrogens (tertiary/aromatic N) is 1. The second kappa shape index (κ2) is 8.09. The van der Waals surface area contributed by atoms with E-state index in [-0.39, 0.29) is 11.1 Å². The average molecular weight is 434 g/mol. The van der Waals surface area contributed by atoms with Gasteiger partial charge in [0.15, 0.2) is 0 Å². The average Bonchev–Trinajstić information content (AvgIpc) is 3.14. The van der Waals surface area contributed by atoms with E-state index in [2.05, 4.69) is 20.8 Å². The topological polar surface area (TPSA) is 124 Å². The predicted octanol–water partition coefficient (Wildman–Crippen LogP) is 2.47. The molecule has 0 bridgehead atoms. The molecule has 11 heteroatoms. The number of hydrogen-bond acceptors (Lipinski definition) is 4. The van der Waals surface area contributed by atoms with E-state index in [9.17, 15) is 32.7 Å². The third kappa shape index (κ3) is 4.82. The van der Waals surface area contributed by atoms with Crippen LogP contribution in [0.3, 0.4) is 0 Å². The molecule has 8 nitrogen and oxygen atoms in total. The number of alkyl halides is 3. The fourth-order valence-electron chi connectivity index (χ4n) is 3.06. The van der Waals surface area contributed by atoms with Gasteiger partial charge in [-0.2, -0.15) is 18.3 Å². The van der Waals surface area contributed by atoms with Gasteiger partial charge in [-0.15, -0.1) is 0 Å². The van der Waals surface area contributed by atoms with Gasteiger partial charge in [-0.1, -0.05) is 18.2 Å². The molecule has 0 radical (unpaired) electrons. The number of nitrogens with one attached hydrogen (secondary N) is 3. The van der Waals surface area contributed by atoms with Crippen molar-refractivity contribution >= 4 is 28.7 Å². The Morgan fingerprint density at radius 1 is 1.06 bits per heavy atom. The Hall–Kier alpha value is -3.89. The Labute approximate surface area is 173 Å². The number of carboxylic acid groups (broad SMARTS) is 1. The van der Waals surface area contributed by atoms with Crippen molar-refractivity contribution in [2.24, 2.45) is 0 Å². The number of fused-ring (bicyclic) bond motifs is 1. The molecule has 3 aromatic rings. The van der Waals surface area contributed by atoms with Gasteiger partial charge in [0.25, 0.3) is 5.91 Å². The summed E-state index contributed by atoms with van der Waals surface area (Å²) in [5.41, 5.74) is -2.40. The highest BCUT2D eigenvalue weighted by Gasteiger charge is 2.42. The number of rotatable bonds is 6. The quantitative estimate of drug-likeness (QED) is 0.444. The molecule has 0 saturated heterocycles. The number of hydrogen-bond donors (Lipinski definition) is 4. The third-order valence-corrected chi connectivity index (χ3v) is 4.54. The molecule has 1 unspecified atom stereocenters. The number of aromatic nitrogens is 2. The van der Waals surface area contributed by atoms with Crippen molar-refractivity contribution < 1.29 is 32.7 Å². The van der Waals surface area contributed by atoms with Crippen molar-refractivity contribution in [1.82, 2.24) is 20.8 Å². The van der Waals surface area contributed by atoms with E-state index in [0.717, 1.165) is 36.6 Å². The lowest BCUT2D eigenvalue weighted by molar-refractivity contribution is -0.148. The van der Waals surface area contributed by atoms with Crippen LogP contribution in [0.1, 0.15) is 28.4 Å². The van der Waals surface area contributed by atoms with Crippen molar-refractivity contribution in [2.45, 2.75) is 25.2 Å². The van der Waals surface area contributed by atoms with Gasteiger partial charge >= 0.3 is 12.1 Å². The van der Waals surface area contributed by atoms with E-state index in [0.29, 0.717) is 5.52 Å². The third-order valence-electron chi connectivity index (χ3n) is 4.54. The number of benzene rings is 2. The normalized spacial score (nSPS) is 13.4. The fourth-order valence-corrected chi connectivity index (χ4v) is 3.06. The molecule has 1 atom stereocenters. The van der Waals surface area contributed by atoms with Crippen LogP contribution in [0.25, 0.3) is 10.9 Å². The first-order valence-corrected chi connectivity index (χ1v) is 8.94. The zero-order chi connectivity index (χ0) is 22.8. The van der Waals surface area contributed by atoms with Crippen LogP contribution >= 0.6 is 0 Å². The first-order chi connectivity index (χ1) is 14.5. The monoisotopic (exact) mass is 434 g/mol. The van der Waals surface area contributed by atoms with Crippen molar-refractivity contribution in [2.75, 3.05) is 0 Å². The maximum absolute atomic E-state index is 12.8. The van der Waals surface area contributed by atoms with E-state index in [1.807, 2.05) is 0 Å². The molecular formula is C20H17F3N4O4. The van der Waals surface area contributed by atoms with E-state index >= 15 is 0 Å². The van der Waals surface area contributed by atoms with Crippen molar-refractivity contribution in [3.8, 4) is 0 Å². The molecule has 31 heavy (non-hydrogen) atoms. The number of carbonyl (C=O) groups is 3. The molecule has 0 aliphatic rings. The summed E-state index contributed by atoms with van der Waals surface area (Å²) in [5, 5.41) is 21.6. The summed E-state index contributed by atoms with van der Waals surface area (Å²) in [6.45, 7) is 1.06.